The van der Waals surface area contributed by atoms with E-state index in [1.165, 1.54) is 11.1 Å². The molecule has 4 rings (SSSR count). The first-order valence-electron chi connectivity index (χ1n) is 10.0. The molecule has 0 spiro atoms. The average molecular weight is 376 g/mol. The van der Waals surface area contributed by atoms with Crippen molar-refractivity contribution < 1.29 is 14.0 Å². The van der Waals surface area contributed by atoms with Gasteiger partial charge in [0.15, 0.2) is 0 Å². The second-order valence-electron chi connectivity index (χ2n) is 8.93. The summed E-state index contributed by atoms with van der Waals surface area (Å²) in [7, 11) is 1.41. The number of hydrogen-bond acceptors (Lipinski definition) is 3. The minimum Gasteiger partial charge on any atom is -0.496 e. The fourth-order valence-corrected chi connectivity index (χ4v) is 3.95. The number of methoxy groups -OCH3 is 1. The summed E-state index contributed by atoms with van der Waals surface area (Å²) in [5, 5.41) is 0. The third-order valence-electron chi connectivity index (χ3n) is 6.46. The average Bonchev–Trinajstić information content (AvgIpc) is 2.88. The van der Waals surface area contributed by atoms with E-state index in [0.717, 1.165) is 16.8 Å². The molecule has 1 aromatic rings. The van der Waals surface area contributed by atoms with Crippen molar-refractivity contribution in [2.75, 3.05) is 7.11 Å². The summed E-state index contributed by atoms with van der Waals surface area (Å²) in [6.07, 6.45) is 13.6. The van der Waals surface area contributed by atoms with Gasteiger partial charge in [0.1, 0.15) is 5.75 Å². The summed E-state index contributed by atoms with van der Waals surface area (Å²) in [5.74, 6) is 1.62. The number of rotatable bonds is 3. The summed E-state index contributed by atoms with van der Waals surface area (Å²) in [4.78, 5) is 0. The zero-order chi connectivity index (χ0) is 20.1. The van der Waals surface area contributed by atoms with Gasteiger partial charge >= 0.3 is 7.12 Å². The molecule has 2 unspecified atom stereocenters. The lowest BCUT2D eigenvalue weighted by Gasteiger charge is -2.32. The molecule has 3 nitrogen and oxygen atoms in total. The van der Waals surface area contributed by atoms with Gasteiger partial charge in [0, 0.05) is 11.8 Å². The van der Waals surface area contributed by atoms with Crippen molar-refractivity contribution in [3.63, 3.8) is 0 Å². The van der Waals surface area contributed by atoms with Gasteiger partial charge in [0.2, 0.25) is 0 Å². The van der Waals surface area contributed by atoms with Crippen LogP contribution in [0.5, 0.6) is 5.75 Å². The van der Waals surface area contributed by atoms with Crippen LogP contribution in [0.2, 0.25) is 0 Å². The van der Waals surface area contributed by atoms with Crippen LogP contribution >= 0.6 is 0 Å². The molecular weight excluding hydrogens is 347 g/mol. The molecule has 1 aliphatic heterocycles. The Morgan fingerprint density at radius 2 is 1.57 bits per heavy atom. The standard InChI is InChI=1S/C24H29BO3/c1-16-13-17(10-12-22(16)26-6)18-7-8-20-15-21(11-9-19(20)14-18)25-27-23(2,3)24(4,5)28-25/h7-15,19-20H,1-6H3. The molecule has 0 N–H and O–H groups in total. The Labute approximate surface area is 168 Å². The summed E-state index contributed by atoms with van der Waals surface area (Å²) < 4.78 is 17.8. The van der Waals surface area contributed by atoms with E-state index >= 15 is 0 Å². The molecule has 0 amide bonds. The predicted octanol–water partition coefficient (Wildman–Crippen LogP) is 5.32. The summed E-state index contributed by atoms with van der Waals surface area (Å²) in [5.41, 5.74) is 4.11. The predicted molar refractivity (Wildman–Crippen MR) is 115 cm³/mol. The molecule has 0 aromatic heterocycles. The highest BCUT2D eigenvalue weighted by Crippen LogP contribution is 2.41. The molecule has 1 aromatic carbocycles. The first kappa shape index (κ1) is 19.3. The number of benzene rings is 1. The Kier molecular flexibility index (Phi) is 4.67. The van der Waals surface area contributed by atoms with Gasteiger partial charge < -0.3 is 14.0 Å². The van der Waals surface area contributed by atoms with Crippen molar-refractivity contribution in [2.24, 2.45) is 11.8 Å². The van der Waals surface area contributed by atoms with Crippen LogP contribution in [0.1, 0.15) is 38.8 Å². The van der Waals surface area contributed by atoms with Crippen molar-refractivity contribution in [3.8, 4) is 5.75 Å². The molecule has 1 saturated heterocycles. The van der Waals surface area contributed by atoms with Crippen LogP contribution in [0.25, 0.3) is 5.57 Å². The number of ether oxygens (including phenoxy) is 1. The Morgan fingerprint density at radius 3 is 2.21 bits per heavy atom. The van der Waals surface area contributed by atoms with Crippen LogP contribution in [-0.2, 0) is 9.31 Å². The van der Waals surface area contributed by atoms with E-state index in [4.69, 9.17) is 14.0 Å². The highest BCUT2D eigenvalue weighted by molar-refractivity contribution is 6.55. The van der Waals surface area contributed by atoms with Gasteiger partial charge in [-0.25, -0.2) is 0 Å². The molecule has 0 saturated carbocycles. The van der Waals surface area contributed by atoms with Crippen molar-refractivity contribution >= 4 is 12.7 Å². The number of hydrogen-bond donors (Lipinski definition) is 0. The number of allylic oxidation sites excluding steroid dienone is 8. The third-order valence-corrected chi connectivity index (χ3v) is 6.46. The molecule has 1 heterocycles. The lowest BCUT2D eigenvalue weighted by molar-refractivity contribution is 0.00578. The van der Waals surface area contributed by atoms with E-state index in [1.54, 1.807) is 7.11 Å². The molecule has 2 atom stereocenters. The minimum absolute atomic E-state index is 0.301. The molecule has 2 aliphatic carbocycles. The lowest BCUT2D eigenvalue weighted by Crippen LogP contribution is -2.41. The zero-order valence-electron chi connectivity index (χ0n) is 17.7. The van der Waals surface area contributed by atoms with Crippen LogP contribution in [0.4, 0.5) is 0 Å². The third kappa shape index (κ3) is 3.29. The second-order valence-corrected chi connectivity index (χ2v) is 8.93. The fourth-order valence-electron chi connectivity index (χ4n) is 3.95. The summed E-state index contributed by atoms with van der Waals surface area (Å²) in [6.45, 7) is 10.5. The highest BCUT2D eigenvalue weighted by atomic mass is 16.7. The quantitative estimate of drug-likeness (QED) is 0.669. The van der Waals surface area contributed by atoms with Gasteiger partial charge in [-0.15, -0.1) is 0 Å². The Morgan fingerprint density at radius 1 is 0.929 bits per heavy atom. The zero-order valence-corrected chi connectivity index (χ0v) is 17.7. The van der Waals surface area contributed by atoms with Crippen LogP contribution in [0.15, 0.2) is 60.1 Å². The maximum atomic E-state index is 6.22. The SMILES string of the molecule is COc1ccc(C2=CC3C=CC(B4OC(C)(C)C(C)(C)O4)=CC3C=C2)cc1C. The molecular formula is C24H29BO3. The first-order valence-corrected chi connectivity index (χ1v) is 10.0. The van der Waals surface area contributed by atoms with E-state index in [9.17, 15) is 0 Å². The van der Waals surface area contributed by atoms with Crippen molar-refractivity contribution in [2.45, 2.75) is 45.8 Å². The van der Waals surface area contributed by atoms with Crippen molar-refractivity contribution in [1.29, 1.82) is 0 Å². The molecule has 0 bridgehead atoms. The molecule has 0 radical (unpaired) electrons. The van der Waals surface area contributed by atoms with Gasteiger partial charge in [0.05, 0.1) is 18.3 Å². The van der Waals surface area contributed by atoms with E-state index in [0.29, 0.717) is 11.8 Å². The van der Waals surface area contributed by atoms with Gasteiger partial charge in [-0.2, -0.15) is 0 Å². The minimum atomic E-state index is -0.315. The maximum absolute atomic E-state index is 6.22. The first-order chi connectivity index (χ1) is 13.2. The normalized spacial score (nSPS) is 27.3. The van der Waals surface area contributed by atoms with Crippen LogP contribution < -0.4 is 4.74 Å². The molecule has 4 heteroatoms. The Bertz CT molecular complexity index is 888. The van der Waals surface area contributed by atoms with Gasteiger partial charge in [0.25, 0.3) is 0 Å². The summed E-state index contributed by atoms with van der Waals surface area (Å²) >= 11 is 0. The molecule has 1 fully saturated rings. The van der Waals surface area contributed by atoms with Crippen molar-refractivity contribution in [3.05, 3.63) is 71.3 Å². The smallest absolute Gasteiger partial charge is 0.494 e. The fraction of sp³-hybridized carbons (Fsp3) is 0.417. The highest BCUT2D eigenvalue weighted by Gasteiger charge is 2.52. The largest absolute Gasteiger partial charge is 0.496 e. The van der Waals surface area contributed by atoms with Crippen LogP contribution in [-0.4, -0.2) is 25.4 Å². The van der Waals surface area contributed by atoms with Gasteiger partial charge in [-0.1, -0.05) is 42.5 Å². The van der Waals surface area contributed by atoms with Crippen molar-refractivity contribution in [1.82, 2.24) is 0 Å². The van der Waals surface area contributed by atoms with Crippen LogP contribution in [0, 0.1) is 18.8 Å². The lowest BCUT2D eigenvalue weighted by atomic mass is 9.70. The Hall–Kier alpha value is -2.04. The number of fused-ring (bicyclic) bond motifs is 1. The molecule has 3 aliphatic rings. The van der Waals surface area contributed by atoms with Crippen LogP contribution in [0.3, 0.4) is 0 Å². The monoisotopic (exact) mass is 376 g/mol. The van der Waals surface area contributed by atoms with Gasteiger partial charge in [-0.05, 0) is 68.9 Å². The van der Waals surface area contributed by atoms with E-state index in [-0.39, 0.29) is 18.3 Å². The van der Waals surface area contributed by atoms with Gasteiger partial charge in [-0.3, -0.25) is 0 Å². The number of aryl methyl sites for hydroxylation is 1. The Balaban J connectivity index is 1.53. The molecule has 28 heavy (non-hydrogen) atoms. The molecule has 146 valence electrons. The second kappa shape index (κ2) is 6.79. The topological polar surface area (TPSA) is 27.7 Å². The van der Waals surface area contributed by atoms with E-state index < -0.39 is 0 Å². The van der Waals surface area contributed by atoms with E-state index in [2.05, 4.69) is 83.2 Å². The summed E-state index contributed by atoms with van der Waals surface area (Å²) in [6, 6.07) is 6.35. The maximum Gasteiger partial charge on any atom is 0.494 e. The van der Waals surface area contributed by atoms with E-state index in [1.807, 2.05) is 6.07 Å².